The van der Waals surface area contributed by atoms with Gasteiger partial charge in [-0.15, -0.1) is 0 Å². The van der Waals surface area contributed by atoms with Gasteiger partial charge in [-0.3, -0.25) is 14.9 Å². The Morgan fingerprint density at radius 3 is 2.78 bits per heavy atom. The zero-order valence-corrected chi connectivity index (χ0v) is 11.1. The topological polar surface area (TPSA) is 46.1 Å². The van der Waals surface area contributed by atoms with Crippen molar-refractivity contribution in [1.82, 2.24) is 9.99 Å². The van der Waals surface area contributed by atoms with Crippen LogP contribution in [0.25, 0.3) is 0 Å². The molecular formula is C14H21N3O. The van der Waals surface area contributed by atoms with Gasteiger partial charge in [0.25, 0.3) is 5.91 Å². The number of hydrogen-bond acceptors (Lipinski definition) is 2. The fraction of sp³-hybridized carbons (Fsp3) is 0.643. The molecule has 1 amide bonds. The molecule has 1 saturated heterocycles. The molecule has 98 valence electrons. The van der Waals surface area contributed by atoms with E-state index in [0.29, 0.717) is 11.8 Å². The molecule has 18 heavy (non-hydrogen) atoms. The highest BCUT2D eigenvalue weighted by Gasteiger charge is 2.42. The average molecular weight is 247 g/mol. The van der Waals surface area contributed by atoms with Gasteiger partial charge in [0.15, 0.2) is 0 Å². The van der Waals surface area contributed by atoms with E-state index in [4.69, 9.17) is 0 Å². The number of hydrogen-bond donors (Lipinski definition) is 2. The molecular weight excluding hydrogens is 226 g/mol. The van der Waals surface area contributed by atoms with Crippen molar-refractivity contribution < 1.29 is 4.79 Å². The monoisotopic (exact) mass is 247 g/mol. The fourth-order valence-corrected chi connectivity index (χ4v) is 3.50. The van der Waals surface area contributed by atoms with Crippen LogP contribution in [-0.4, -0.2) is 23.2 Å². The van der Waals surface area contributed by atoms with Gasteiger partial charge in [0.1, 0.15) is 0 Å². The van der Waals surface area contributed by atoms with E-state index in [2.05, 4.69) is 10.7 Å². The van der Waals surface area contributed by atoms with Gasteiger partial charge >= 0.3 is 0 Å². The number of fused-ring (bicyclic) bond motifs is 1. The van der Waals surface area contributed by atoms with Crippen LogP contribution in [0.15, 0.2) is 12.1 Å². The summed E-state index contributed by atoms with van der Waals surface area (Å²) in [7, 11) is 0. The number of aromatic nitrogens is 1. The lowest BCUT2D eigenvalue weighted by Gasteiger charge is -2.19. The molecule has 2 heterocycles. The standard InChI is InChI=1S/C14H21N3O/c1-9-6-7-10(2)17(9)16-14(18)13-12-5-3-4-11(12)8-15-13/h6-7,11-13,15H,3-5,8H2,1-2H3,(H,16,18). The number of carbonyl (C=O) groups is 1. The quantitative estimate of drug-likeness (QED) is 0.833. The first-order chi connectivity index (χ1) is 8.66. The Labute approximate surface area is 108 Å². The third-order valence-electron chi connectivity index (χ3n) is 4.52. The highest BCUT2D eigenvalue weighted by molar-refractivity contribution is 5.89. The van der Waals surface area contributed by atoms with Gasteiger partial charge in [0.05, 0.1) is 6.04 Å². The van der Waals surface area contributed by atoms with Gasteiger partial charge in [0.2, 0.25) is 0 Å². The van der Waals surface area contributed by atoms with E-state index < -0.39 is 0 Å². The van der Waals surface area contributed by atoms with Gasteiger partial charge in [-0.05, 0) is 57.2 Å². The summed E-state index contributed by atoms with van der Waals surface area (Å²) in [6, 6.07) is 4.05. The molecule has 4 heteroatoms. The summed E-state index contributed by atoms with van der Waals surface area (Å²) in [6.07, 6.45) is 3.75. The van der Waals surface area contributed by atoms with Crippen molar-refractivity contribution in [1.29, 1.82) is 0 Å². The van der Waals surface area contributed by atoms with Crippen molar-refractivity contribution in [3.8, 4) is 0 Å². The number of rotatable bonds is 2. The number of nitrogens with zero attached hydrogens (tertiary/aromatic N) is 1. The third kappa shape index (κ3) is 1.85. The van der Waals surface area contributed by atoms with Crippen molar-refractivity contribution in [2.24, 2.45) is 11.8 Å². The normalized spacial score (nSPS) is 30.4. The molecule has 0 spiro atoms. The molecule has 3 unspecified atom stereocenters. The molecule has 1 aliphatic carbocycles. The summed E-state index contributed by atoms with van der Waals surface area (Å²) in [5, 5.41) is 3.38. The lowest BCUT2D eigenvalue weighted by Crippen LogP contribution is -2.43. The Bertz CT molecular complexity index is 446. The van der Waals surface area contributed by atoms with Crippen molar-refractivity contribution in [2.75, 3.05) is 12.0 Å². The molecule has 0 aromatic carbocycles. The van der Waals surface area contributed by atoms with Gasteiger partial charge in [-0.2, -0.15) is 0 Å². The number of carbonyl (C=O) groups excluding carboxylic acids is 1. The summed E-state index contributed by atoms with van der Waals surface area (Å²) in [4.78, 5) is 12.4. The summed E-state index contributed by atoms with van der Waals surface area (Å²) >= 11 is 0. The van der Waals surface area contributed by atoms with Crippen LogP contribution in [0.3, 0.4) is 0 Å². The molecule has 2 aliphatic rings. The molecule has 4 nitrogen and oxygen atoms in total. The molecule has 0 bridgehead atoms. The molecule has 2 N–H and O–H groups in total. The van der Waals surface area contributed by atoms with Crippen LogP contribution >= 0.6 is 0 Å². The Hall–Kier alpha value is -1.29. The molecule has 1 saturated carbocycles. The summed E-state index contributed by atoms with van der Waals surface area (Å²) in [5.41, 5.74) is 5.17. The van der Waals surface area contributed by atoms with E-state index in [1.165, 1.54) is 19.3 Å². The Morgan fingerprint density at radius 2 is 2.06 bits per heavy atom. The van der Waals surface area contributed by atoms with Crippen molar-refractivity contribution in [3.05, 3.63) is 23.5 Å². The predicted molar refractivity (Wildman–Crippen MR) is 70.9 cm³/mol. The van der Waals surface area contributed by atoms with E-state index >= 15 is 0 Å². The maximum absolute atomic E-state index is 12.4. The highest BCUT2D eigenvalue weighted by Crippen LogP contribution is 2.37. The zero-order chi connectivity index (χ0) is 12.7. The van der Waals surface area contributed by atoms with Crippen LogP contribution in [0.2, 0.25) is 0 Å². The van der Waals surface area contributed by atoms with Gasteiger partial charge < -0.3 is 5.32 Å². The first-order valence-corrected chi connectivity index (χ1v) is 6.86. The van der Waals surface area contributed by atoms with Crippen LogP contribution in [-0.2, 0) is 4.79 Å². The fourth-order valence-electron chi connectivity index (χ4n) is 3.50. The number of nitrogens with one attached hydrogen (secondary N) is 2. The lowest BCUT2D eigenvalue weighted by molar-refractivity contribution is -0.119. The van der Waals surface area contributed by atoms with E-state index in [-0.39, 0.29) is 11.9 Å². The molecule has 0 radical (unpaired) electrons. The lowest BCUT2D eigenvalue weighted by atomic mass is 9.94. The second-order valence-corrected chi connectivity index (χ2v) is 5.67. The Kier molecular flexibility index (Phi) is 2.90. The van der Waals surface area contributed by atoms with Crippen molar-refractivity contribution >= 4 is 5.91 Å². The maximum atomic E-state index is 12.4. The molecule has 2 fully saturated rings. The van der Waals surface area contributed by atoms with Gasteiger partial charge in [0, 0.05) is 11.4 Å². The number of amides is 1. The summed E-state index contributed by atoms with van der Waals surface area (Å²) in [6.45, 7) is 5.02. The van der Waals surface area contributed by atoms with Crippen molar-refractivity contribution in [3.63, 3.8) is 0 Å². The van der Waals surface area contributed by atoms with Crippen molar-refractivity contribution in [2.45, 2.75) is 39.2 Å². The smallest absolute Gasteiger partial charge is 0.256 e. The Morgan fingerprint density at radius 1 is 1.33 bits per heavy atom. The van der Waals surface area contributed by atoms with Crippen LogP contribution in [0.4, 0.5) is 0 Å². The van der Waals surface area contributed by atoms with E-state index in [9.17, 15) is 4.79 Å². The summed E-state index contributed by atoms with van der Waals surface area (Å²) < 4.78 is 1.88. The first kappa shape index (κ1) is 11.8. The second-order valence-electron chi connectivity index (χ2n) is 5.67. The first-order valence-electron chi connectivity index (χ1n) is 6.86. The van der Waals surface area contributed by atoms with E-state index in [0.717, 1.165) is 17.9 Å². The zero-order valence-electron chi connectivity index (χ0n) is 11.1. The van der Waals surface area contributed by atoms with Gasteiger partial charge in [-0.25, -0.2) is 0 Å². The van der Waals surface area contributed by atoms with Crippen LogP contribution < -0.4 is 10.7 Å². The van der Waals surface area contributed by atoms with E-state index in [1.54, 1.807) is 0 Å². The van der Waals surface area contributed by atoms with Gasteiger partial charge in [-0.1, -0.05) is 6.42 Å². The highest BCUT2D eigenvalue weighted by atomic mass is 16.2. The minimum absolute atomic E-state index is 0.00120. The third-order valence-corrected chi connectivity index (χ3v) is 4.52. The molecule has 1 aromatic heterocycles. The van der Waals surface area contributed by atoms with Crippen LogP contribution in [0.5, 0.6) is 0 Å². The molecule has 1 aliphatic heterocycles. The minimum atomic E-state index is -0.00120. The minimum Gasteiger partial charge on any atom is -0.305 e. The second kappa shape index (κ2) is 4.43. The van der Waals surface area contributed by atoms with Crippen LogP contribution in [0.1, 0.15) is 30.7 Å². The average Bonchev–Trinajstić information content (AvgIpc) is 2.99. The predicted octanol–water partition coefficient (Wildman–Crippen LogP) is 1.56. The number of aryl methyl sites for hydroxylation is 2. The Balaban J connectivity index is 1.72. The maximum Gasteiger partial charge on any atom is 0.256 e. The SMILES string of the molecule is Cc1ccc(C)n1NC(=O)C1NCC2CCCC21. The van der Waals surface area contributed by atoms with Crippen LogP contribution in [0, 0.1) is 25.7 Å². The molecule has 3 atom stereocenters. The largest absolute Gasteiger partial charge is 0.305 e. The van der Waals surface area contributed by atoms with E-state index in [1.807, 2.05) is 30.7 Å². The molecule has 1 aromatic rings. The summed E-state index contributed by atoms with van der Waals surface area (Å²) in [5.74, 6) is 1.38. The molecule has 3 rings (SSSR count).